The summed E-state index contributed by atoms with van der Waals surface area (Å²) in [5.74, 6) is -0.243. The van der Waals surface area contributed by atoms with E-state index in [9.17, 15) is 31.5 Å². The minimum absolute atomic E-state index is 0. The lowest BCUT2D eigenvalue weighted by atomic mass is 10.2. The van der Waals surface area contributed by atoms with Crippen LogP contribution < -0.4 is 19.5 Å². The van der Waals surface area contributed by atoms with Gasteiger partial charge in [0.05, 0.1) is 17.4 Å². The van der Waals surface area contributed by atoms with E-state index in [1.165, 1.54) is 30.5 Å². The summed E-state index contributed by atoms with van der Waals surface area (Å²) >= 11 is 0. The predicted octanol–water partition coefficient (Wildman–Crippen LogP) is 7.50. The molecule has 1 fully saturated rings. The van der Waals surface area contributed by atoms with Crippen LogP contribution in [0.4, 0.5) is 27.6 Å². The van der Waals surface area contributed by atoms with Crippen molar-refractivity contribution in [2.24, 2.45) is 7.05 Å². The molecule has 10 nitrogen and oxygen atoms in total. The zero-order valence-corrected chi connectivity index (χ0v) is 27.7. The van der Waals surface area contributed by atoms with Crippen molar-refractivity contribution in [3.8, 4) is 23.1 Å². The van der Waals surface area contributed by atoms with E-state index >= 15 is 0 Å². The first-order valence-electron chi connectivity index (χ1n) is 15.4. The molecule has 3 heterocycles. The molecule has 2 aromatic heterocycles. The molecule has 2 amide bonds. The average molecular weight is 732 g/mol. The van der Waals surface area contributed by atoms with E-state index in [2.05, 4.69) is 24.7 Å². The van der Waals surface area contributed by atoms with E-state index in [4.69, 9.17) is 4.74 Å². The summed E-state index contributed by atoms with van der Waals surface area (Å²) in [6.07, 6.45) is -3.45. The number of hydrogen-bond acceptors (Lipinski definition) is 7. The van der Waals surface area contributed by atoms with Gasteiger partial charge < -0.3 is 29.0 Å². The fourth-order valence-electron chi connectivity index (χ4n) is 5.53. The lowest BCUT2D eigenvalue weighted by Gasteiger charge is -2.34. The monoisotopic (exact) mass is 731 g/mol. The molecule has 51 heavy (non-hydrogen) atoms. The van der Waals surface area contributed by atoms with E-state index in [1.807, 2.05) is 28.6 Å². The number of amides is 2. The quantitative estimate of drug-likeness (QED) is 0.149. The molecule has 0 aliphatic carbocycles. The van der Waals surface area contributed by atoms with Crippen LogP contribution in [0.1, 0.15) is 26.4 Å². The lowest BCUT2D eigenvalue weighted by molar-refractivity contribution is -0.274. The third kappa shape index (κ3) is 9.43. The number of aromatic nitrogens is 2. The summed E-state index contributed by atoms with van der Waals surface area (Å²) in [4.78, 5) is 34.3. The summed E-state index contributed by atoms with van der Waals surface area (Å²) in [6, 6.07) is 21.4. The molecule has 268 valence electrons. The Kier molecular flexibility index (Phi) is 11.3. The van der Waals surface area contributed by atoms with Crippen LogP contribution in [-0.2, 0) is 13.6 Å². The molecular formula is C35H31ClF5N5O5. The number of carbonyl (C=O) groups is 2. The number of fused-ring (bicyclic) bond motifs is 1. The molecule has 6 rings (SSSR count). The van der Waals surface area contributed by atoms with Gasteiger partial charge in [0.1, 0.15) is 22.9 Å². The molecule has 5 aromatic rings. The summed E-state index contributed by atoms with van der Waals surface area (Å²) < 4.78 is 77.9. The number of carbonyl (C=O) groups excluding carboxylic acids is 2. The van der Waals surface area contributed by atoms with Gasteiger partial charge in [0, 0.05) is 62.9 Å². The van der Waals surface area contributed by atoms with Crippen LogP contribution in [0, 0.1) is 0 Å². The number of halogens is 6. The maximum absolute atomic E-state index is 13.5. The molecule has 1 N–H and O–H groups in total. The second kappa shape index (κ2) is 15.6. The maximum atomic E-state index is 13.5. The first kappa shape index (κ1) is 36.9. The highest BCUT2D eigenvalue weighted by Crippen LogP contribution is 2.29. The molecule has 0 atom stereocenters. The summed E-state index contributed by atoms with van der Waals surface area (Å²) in [6.45, 7) is 0.146. The molecule has 1 aliphatic heterocycles. The Morgan fingerprint density at radius 1 is 0.863 bits per heavy atom. The van der Waals surface area contributed by atoms with Crippen molar-refractivity contribution in [3.05, 3.63) is 108 Å². The van der Waals surface area contributed by atoms with Crippen molar-refractivity contribution >= 4 is 40.8 Å². The number of piperazine rings is 1. The maximum Gasteiger partial charge on any atom is 0.573 e. The highest BCUT2D eigenvalue weighted by molar-refractivity contribution is 6.04. The molecule has 3 aromatic carbocycles. The van der Waals surface area contributed by atoms with Crippen molar-refractivity contribution in [2.45, 2.75) is 19.5 Å². The van der Waals surface area contributed by atoms with Gasteiger partial charge in [0.25, 0.3) is 11.8 Å². The van der Waals surface area contributed by atoms with Crippen molar-refractivity contribution in [2.75, 3.05) is 31.5 Å². The standard InChI is InChI=1S/C35H30F5N5O5.ClH/c1-43-29-19-28(48-31-13-7-25(20-41-31)42-32(46)23-4-10-27(11-5-23)50-35(38,39)40)12-6-24(29)18-30(43)33(47)45-16-14-44(15-17-45)21-22-2-8-26(9-3-22)49-34(36)37;/h2-13,18-20,34H,14-17,21H2,1H3,(H,42,46);1H. The Balaban J connectivity index is 0.00000504. The van der Waals surface area contributed by atoms with Crippen LogP contribution in [0.25, 0.3) is 10.9 Å². The largest absolute Gasteiger partial charge is 0.573 e. The number of hydrogen-bond donors (Lipinski definition) is 1. The number of nitrogens with zero attached hydrogens (tertiary/aromatic N) is 4. The number of ether oxygens (including phenoxy) is 3. The topological polar surface area (TPSA) is 98.2 Å². The Bertz CT molecular complexity index is 1970. The summed E-state index contributed by atoms with van der Waals surface area (Å²) in [5.41, 5.74) is 2.74. The van der Waals surface area contributed by atoms with Crippen LogP contribution in [0.3, 0.4) is 0 Å². The van der Waals surface area contributed by atoms with Crippen molar-refractivity contribution in [3.63, 3.8) is 0 Å². The summed E-state index contributed by atoms with van der Waals surface area (Å²) in [5, 5.41) is 3.47. The molecular weight excluding hydrogens is 701 g/mol. The fraction of sp³-hybridized carbons (Fsp3) is 0.229. The number of nitrogens with one attached hydrogen (secondary N) is 1. The fourth-order valence-corrected chi connectivity index (χ4v) is 5.53. The zero-order chi connectivity index (χ0) is 35.4. The Labute approximate surface area is 294 Å². The van der Waals surface area contributed by atoms with Gasteiger partial charge >= 0.3 is 13.0 Å². The van der Waals surface area contributed by atoms with Gasteiger partial charge in [-0.2, -0.15) is 8.78 Å². The van der Waals surface area contributed by atoms with E-state index in [-0.39, 0.29) is 35.5 Å². The van der Waals surface area contributed by atoms with E-state index in [0.29, 0.717) is 49.9 Å². The van der Waals surface area contributed by atoms with Gasteiger partial charge in [0.15, 0.2) is 0 Å². The van der Waals surface area contributed by atoms with Gasteiger partial charge in [-0.15, -0.1) is 25.6 Å². The van der Waals surface area contributed by atoms with Crippen molar-refractivity contribution in [1.82, 2.24) is 19.4 Å². The van der Waals surface area contributed by atoms with Crippen LogP contribution in [0.2, 0.25) is 0 Å². The van der Waals surface area contributed by atoms with E-state index < -0.39 is 24.6 Å². The molecule has 0 spiro atoms. The molecule has 0 saturated carbocycles. The molecule has 1 saturated heterocycles. The third-order valence-corrected chi connectivity index (χ3v) is 8.02. The number of rotatable bonds is 10. The van der Waals surface area contributed by atoms with Gasteiger partial charge in [0.2, 0.25) is 5.88 Å². The van der Waals surface area contributed by atoms with Gasteiger partial charge in [-0.25, -0.2) is 4.98 Å². The minimum Gasteiger partial charge on any atom is -0.439 e. The van der Waals surface area contributed by atoms with E-state index in [0.717, 1.165) is 28.6 Å². The lowest BCUT2D eigenvalue weighted by Crippen LogP contribution is -2.48. The highest BCUT2D eigenvalue weighted by atomic mass is 35.5. The number of aryl methyl sites for hydroxylation is 1. The van der Waals surface area contributed by atoms with Crippen LogP contribution in [0.5, 0.6) is 23.1 Å². The van der Waals surface area contributed by atoms with E-state index in [1.54, 1.807) is 36.4 Å². The first-order chi connectivity index (χ1) is 23.9. The zero-order valence-electron chi connectivity index (χ0n) is 26.9. The Hall–Kier alpha value is -5.41. The second-order valence-electron chi connectivity index (χ2n) is 11.4. The molecule has 0 radical (unpaired) electrons. The van der Waals surface area contributed by atoms with Crippen LogP contribution >= 0.6 is 12.4 Å². The molecule has 0 unspecified atom stereocenters. The highest BCUT2D eigenvalue weighted by Gasteiger charge is 2.31. The van der Waals surface area contributed by atoms with Crippen molar-refractivity contribution in [1.29, 1.82) is 0 Å². The summed E-state index contributed by atoms with van der Waals surface area (Å²) in [7, 11) is 1.81. The number of pyridine rings is 1. The number of alkyl halides is 5. The normalized spacial score (nSPS) is 13.5. The van der Waals surface area contributed by atoms with Gasteiger partial charge in [-0.3, -0.25) is 14.5 Å². The Morgan fingerprint density at radius 3 is 2.16 bits per heavy atom. The van der Waals surface area contributed by atoms with Crippen LogP contribution in [-0.4, -0.2) is 70.3 Å². The number of anilines is 1. The number of benzene rings is 3. The van der Waals surface area contributed by atoms with Gasteiger partial charge in [-0.1, -0.05) is 12.1 Å². The Morgan fingerprint density at radius 2 is 1.53 bits per heavy atom. The predicted molar refractivity (Wildman–Crippen MR) is 180 cm³/mol. The average Bonchev–Trinajstić information content (AvgIpc) is 3.41. The third-order valence-electron chi connectivity index (χ3n) is 8.02. The van der Waals surface area contributed by atoms with Gasteiger partial charge in [-0.05, 0) is 66.2 Å². The van der Waals surface area contributed by atoms with Crippen LogP contribution in [0.15, 0.2) is 91.1 Å². The molecule has 1 aliphatic rings. The first-order valence-corrected chi connectivity index (χ1v) is 15.4. The van der Waals surface area contributed by atoms with Crippen molar-refractivity contribution < 1.29 is 45.8 Å². The minimum atomic E-state index is -4.83. The second-order valence-corrected chi connectivity index (χ2v) is 11.4. The smallest absolute Gasteiger partial charge is 0.439 e. The SMILES string of the molecule is Cl.Cn1c(C(=O)N2CCN(Cc3ccc(OC(F)F)cc3)CC2)cc2ccc(Oc3ccc(NC(=O)c4ccc(OC(F)(F)F)cc4)cn3)cc21. The molecule has 16 heteroatoms. The molecule has 0 bridgehead atoms.